The number of alkyl halides is 3. The van der Waals surface area contributed by atoms with Gasteiger partial charge in [0, 0.05) is 37.8 Å². The molecule has 1 aromatic heterocycles. The third-order valence-corrected chi connectivity index (χ3v) is 8.49. The number of morpholine rings is 1. The first kappa shape index (κ1) is 22.1. The van der Waals surface area contributed by atoms with Crippen LogP contribution in [0.3, 0.4) is 0 Å². The molecule has 7 nitrogen and oxygen atoms in total. The highest BCUT2D eigenvalue weighted by atomic mass is 19.4. The first-order valence-electron chi connectivity index (χ1n) is 12.1. The van der Waals surface area contributed by atoms with E-state index in [9.17, 15) is 22.8 Å². The number of fused-ring (bicyclic) bond motifs is 1. The van der Waals surface area contributed by atoms with Crippen molar-refractivity contribution >= 4 is 11.9 Å². The SMILES string of the molecule is O=C1CO[C@H]2CCN(C(=O)N3CC4(CC(Cc5ccc(C6(C(F)(F)F)CC6)nc5)C4)C3)C[C@H]2N1. The number of piperidine rings is 1. The van der Waals surface area contributed by atoms with Crippen LogP contribution >= 0.6 is 0 Å². The van der Waals surface area contributed by atoms with Crippen LogP contribution in [-0.4, -0.2) is 77.8 Å². The van der Waals surface area contributed by atoms with Crippen molar-refractivity contribution in [2.75, 3.05) is 32.8 Å². The standard InChI is InChI=1S/C24H29F3N4O3/c25-24(26,27)23(4-5-23)19-2-1-15(10-28-19)7-16-8-22(9-16)13-31(14-22)21(33)30-6-3-18-17(11-30)29-20(32)12-34-18/h1-2,10,16-18H,3-9,11-14H2,(H,29,32)/t17-,18+/m1/s1. The molecule has 2 aliphatic carbocycles. The Labute approximate surface area is 196 Å². The molecule has 0 radical (unpaired) electrons. The maximum atomic E-state index is 13.3. The molecule has 184 valence electrons. The van der Waals surface area contributed by atoms with Gasteiger partial charge in [0.05, 0.1) is 17.8 Å². The van der Waals surface area contributed by atoms with Crippen LogP contribution in [0.5, 0.6) is 0 Å². The largest absolute Gasteiger partial charge is 0.399 e. The van der Waals surface area contributed by atoms with Gasteiger partial charge in [-0.2, -0.15) is 13.2 Å². The molecule has 0 bridgehead atoms. The minimum absolute atomic E-state index is 0.0105. The number of hydrogen-bond donors (Lipinski definition) is 1. The smallest absolute Gasteiger partial charge is 0.366 e. The molecule has 0 unspecified atom stereocenters. The molecule has 1 spiro atoms. The third kappa shape index (κ3) is 3.65. The lowest BCUT2D eigenvalue weighted by atomic mass is 9.56. The highest BCUT2D eigenvalue weighted by Crippen LogP contribution is 2.58. The molecule has 5 aliphatic rings. The van der Waals surface area contributed by atoms with Gasteiger partial charge in [0.2, 0.25) is 5.91 Å². The zero-order valence-electron chi connectivity index (χ0n) is 18.9. The van der Waals surface area contributed by atoms with Gasteiger partial charge in [0.1, 0.15) is 12.0 Å². The second kappa shape index (κ2) is 7.57. The number of likely N-dealkylation sites (tertiary alicyclic amines) is 2. The van der Waals surface area contributed by atoms with Gasteiger partial charge in [-0.3, -0.25) is 9.78 Å². The van der Waals surface area contributed by atoms with Gasteiger partial charge >= 0.3 is 12.2 Å². The molecule has 2 atom stereocenters. The Kier molecular flexibility index (Phi) is 4.92. The number of pyridine rings is 1. The van der Waals surface area contributed by atoms with E-state index < -0.39 is 11.6 Å². The van der Waals surface area contributed by atoms with Gasteiger partial charge in [-0.25, -0.2) is 4.79 Å². The first-order valence-corrected chi connectivity index (χ1v) is 12.1. The number of nitrogens with one attached hydrogen (secondary N) is 1. The number of halogens is 3. The van der Waals surface area contributed by atoms with E-state index in [-0.39, 0.29) is 54.6 Å². The highest BCUT2D eigenvalue weighted by molar-refractivity contribution is 5.79. The van der Waals surface area contributed by atoms with Crippen LogP contribution in [0.15, 0.2) is 18.3 Å². The summed E-state index contributed by atoms with van der Waals surface area (Å²) in [5.41, 5.74) is -0.416. The van der Waals surface area contributed by atoms with E-state index in [2.05, 4.69) is 10.3 Å². The zero-order chi connectivity index (χ0) is 23.7. The lowest BCUT2D eigenvalue weighted by molar-refractivity contribution is -0.161. The number of urea groups is 1. The molecule has 5 fully saturated rings. The average Bonchev–Trinajstić information content (AvgIpc) is 3.56. The molecule has 4 heterocycles. The van der Waals surface area contributed by atoms with E-state index in [0.29, 0.717) is 19.0 Å². The molecule has 6 rings (SSSR count). The number of ether oxygens (including phenoxy) is 1. The van der Waals surface area contributed by atoms with Crippen LogP contribution in [0.25, 0.3) is 0 Å². The molecule has 2 saturated carbocycles. The summed E-state index contributed by atoms with van der Waals surface area (Å²) in [7, 11) is 0. The van der Waals surface area contributed by atoms with Gasteiger partial charge in [-0.1, -0.05) is 6.07 Å². The van der Waals surface area contributed by atoms with E-state index >= 15 is 0 Å². The van der Waals surface area contributed by atoms with E-state index in [1.807, 2.05) is 9.80 Å². The predicted molar refractivity (Wildman–Crippen MR) is 115 cm³/mol. The molecule has 0 aromatic carbocycles. The Bertz CT molecular complexity index is 980. The summed E-state index contributed by atoms with van der Waals surface area (Å²) >= 11 is 0. The summed E-state index contributed by atoms with van der Waals surface area (Å²) < 4.78 is 45.4. The normalized spacial score (nSPS) is 29.7. The first-order chi connectivity index (χ1) is 16.2. The Hall–Kier alpha value is -2.36. The van der Waals surface area contributed by atoms with Crippen molar-refractivity contribution in [3.63, 3.8) is 0 Å². The Morgan fingerprint density at radius 2 is 1.97 bits per heavy atom. The monoisotopic (exact) mass is 478 g/mol. The van der Waals surface area contributed by atoms with Crippen molar-refractivity contribution in [3.8, 4) is 0 Å². The van der Waals surface area contributed by atoms with Crippen molar-refractivity contribution in [3.05, 3.63) is 29.6 Å². The second-order valence-corrected chi connectivity index (χ2v) is 11.0. The van der Waals surface area contributed by atoms with Crippen LogP contribution < -0.4 is 5.32 Å². The number of nitrogens with zero attached hydrogens (tertiary/aromatic N) is 3. The van der Waals surface area contributed by atoms with Crippen molar-refractivity contribution < 1.29 is 27.5 Å². The fourth-order valence-corrected chi connectivity index (χ4v) is 6.51. The van der Waals surface area contributed by atoms with E-state index in [4.69, 9.17) is 4.74 Å². The van der Waals surface area contributed by atoms with Crippen LogP contribution in [-0.2, 0) is 21.4 Å². The van der Waals surface area contributed by atoms with Crippen molar-refractivity contribution in [1.29, 1.82) is 0 Å². The van der Waals surface area contributed by atoms with Gasteiger partial charge in [0.15, 0.2) is 0 Å². The van der Waals surface area contributed by atoms with Gasteiger partial charge in [-0.15, -0.1) is 0 Å². The second-order valence-electron chi connectivity index (χ2n) is 11.0. The van der Waals surface area contributed by atoms with Gasteiger partial charge in [-0.05, 0) is 56.1 Å². The zero-order valence-corrected chi connectivity index (χ0v) is 18.9. The molecule has 1 N–H and O–H groups in total. The summed E-state index contributed by atoms with van der Waals surface area (Å²) in [6, 6.07) is 3.25. The maximum Gasteiger partial charge on any atom is 0.399 e. The Balaban J connectivity index is 0.972. The number of rotatable bonds is 3. The molecule has 10 heteroatoms. The molecule has 3 amide bonds. The number of hydrogen-bond acceptors (Lipinski definition) is 4. The number of aromatic nitrogens is 1. The lowest BCUT2D eigenvalue weighted by Gasteiger charge is -2.60. The van der Waals surface area contributed by atoms with E-state index in [1.54, 1.807) is 18.3 Å². The van der Waals surface area contributed by atoms with Crippen LogP contribution in [0.4, 0.5) is 18.0 Å². The molecule has 34 heavy (non-hydrogen) atoms. The van der Waals surface area contributed by atoms with Crippen LogP contribution in [0.2, 0.25) is 0 Å². The van der Waals surface area contributed by atoms with Crippen molar-refractivity contribution in [1.82, 2.24) is 20.1 Å². The molecular weight excluding hydrogens is 449 g/mol. The number of carbonyl (C=O) groups is 2. The van der Waals surface area contributed by atoms with Crippen LogP contribution in [0.1, 0.15) is 43.4 Å². The molecule has 1 aromatic rings. The van der Waals surface area contributed by atoms with Gasteiger partial charge in [0.25, 0.3) is 0 Å². The fourth-order valence-electron chi connectivity index (χ4n) is 6.51. The lowest BCUT2D eigenvalue weighted by Crippen LogP contribution is -2.68. The van der Waals surface area contributed by atoms with E-state index in [1.165, 1.54) is 0 Å². The minimum atomic E-state index is -4.23. The molecular formula is C24H29F3N4O3. The topological polar surface area (TPSA) is 74.8 Å². The minimum Gasteiger partial charge on any atom is -0.366 e. The Morgan fingerprint density at radius 1 is 1.21 bits per heavy atom. The Morgan fingerprint density at radius 3 is 2.62 bits per heavy atom. The summed E-state index contributed by atoms with van der Waals surface area (Å²) in [6.07, 6.45) is 1.23. The van der Waals surface area contributed by atoms with Crippen LogP contribution in [0, 0.1) is 11.3 Å². The summed E-state index contributed by atoms with van der Waals surface area (Å²) in [6.45, 7) is 2.72. The number of amides is 3. The summed E-state index contributed by atoms with van der Waals surface area (Å²) in [4.78, 5) is 32.4. The van der Waals surface area contributed by atoms with E-state index in [0.717, 1.165) is 44.3 Å². The fraction of sp³-hybridized carbons (Fsp3) is 0.708. The number of carbonyl (C=O) groups excluding carboxylic acids is 2. The third-order valence-electron chi connectivity index (χ3n) is 8.49. The van der Waals surface area contributed by atoms with Crippen molar-refractivity contribution in [2.24, 2.45) is 11.3 Å². The van der Waals surface area contributed by atoms with Gasteiger partial charge < -0.3 is 19.9 Å². The average molecular weight is 479 g/mol. The molecule has 3 aliphatic heterocycles. The summed E-state index contributed by atoms with van der Waals surface area (Å²) in [5, 5.41) is 2.93. The molecule has 3 saturated heterocycles. The quantitative estimate of drug-likeness (QED) is 0.725. The summed E-state index contributed by atoms with van der Waals surface area (Å²) in [5.74, 6) is 0.351. The van der Waals surface area contributed by atoms with Crippen molar-refractivity contribution in [2.45, 2.75) is 62.3 Å². The highest BCUT2D eigenvalue weighted by Gasteiger charge is 2.65. The predicted octanol–water partition coefficient (Wildman–Crippen LogP) is 2.64. The maximum absolute atomic E-state index is 13.3.